The zero-order chi connectivity index (χ0) is 13.1. The molecule has 3 N–H and O–H groups in total. The highest BCUT2D eigenvalue weighted by Crippen LogP contribution is 2.31. The van der Waals surface area contributed by atoms with Crippen molar-refractivity contribution in [1.29, 1.82) is 0 Å². The molecular weight excluding hydrogens is 234 g/mol. The summed E-state index contributed by atoms with van der Waals surface area (Å²) in [5.41, 5.74) is -0.131. The van der Waals surface area contributed by atoms with Gasteiger partial charge in [0.1, 0.15) is 5.69 Å². The summed E-state index contributed by atoms with van der Waals surface area (Å²) in [6.45, 7) is 2.00. The second kappa shape index (κ2) is 5.30. The number of amides is 1. The van der Waals surface area contributed by atoms with Gasteiger partial charge < -0.3 is 15.4 Å². The van der Waals surface area contributed by atoms with E-state index in [1.165, 1.54) is 6.20 Å². The molecule has 1 aliphatic rings. The normalized spacial score (nSPS) is 24.1. The molecule has 0 aliphatic heterocycles. The fraction of sp³-hybridized carbons (Fsp3) is 0.583. The quantitative estimate of drug-likeness (QED) is 0.704. The number of aromatic amines is 1. The summed E-state index contributed by atoms with van der Waals surface area (Å²) in [7, 11) is 0. The molecule has 98 valence electrons. The summed E-state index contributed by atoms with van der Waals surface area (Å²) in [6.07, 6.45) is 4.44. The Morgan fingerprint density at radius 1 is 1.67 bits per heavy atom. The highest BCUT2D eigenvalue weighted by atomic mass is 16.3. The maximum Gasteiger partial charge on any atom is 0.271 e. The minimum atomic E-state index is -0.333. The molecule has 1 unspecified atom stereocenters. The minimum absolute atomic E-state index is 0.0506. The molecule has 0 radical (unpaired) electrons. The Bertz CT molecular complexity index is 459. The van der Waals surface area contributed by atoms with Gasteiger partial charge >= 0.3 is 0 Å². The standard InChI is InChI=1S/C12H17N3O3/c1-2-9(7-3-8(16)4-7)15-12(18)10-5-14-11(17)6-13-10/h5-9,16H,2-4H2,1H3,(H,14,17)(H,15,18). The molecule has 18 heavy (non-hydrogen) atoms. The average molecular weight is 251 g/mol. The van der Waals surface area contributed by atoms with E-state index >= 15 is 0 Å². The first-order valence-corrected chi connectivity index (χ1v) is 6.13. The van der Waals surface area contributed by atoms with Crippen molar-refractivity contribution in [3.63, 3.8) is 0 Å². The van der Waals surface area contributed by atoms with Gasteiger partial charge in [-0.2, -0.15) is 0 Å². The second-order valence-corrected chi connectivity index (χ2v) is 4.67. The Hall–Kier alpha value is -1.69. The van der Waals surface area contributed by atoms with Crippen molar-refractivity contribution in [1.82, 2.24) is 15.3 Å². The van der Waals surface area contributed by atoms with Crippen LogP contribution in [0.1, 0.15) is 36.7 Å². The number of aliphatic hydroxyl groups is 1. The molecule has 1 saturated carbocycles. The number of rotatable bonds is 4. The highest BCUT2D eigenvalue weighted by Gasteiger charge is 2.33. The van der Waals surface area contributed by atoms with Gasteiger partial charge in [-0.05, 0) is 25.2 Å². The van der Waals surface area contributed by atoms with Crippen LogP contribution in [0.25, 0.3) is 0 Å². The third-order valence-corrected chi connectivity index (χ3v) is 3.38. The maximum atomic E-state index is 11.9. The van der Waals surface area contributed by atoms with Gasteiger partial charge in [-0.25, -0.2) is 4.98 Å². The molecule has 1 atom stereocenters. The van der Waals surface area contributed by atoms with E-state index < -0.39 is 0 Å². The molecule has 2 rings (SSSR count). The molecule has 6 heteroatoms. The fourth-order valence-corrected chi connectivity index (χ4v) is 2.22. The van der Waals surface area contributed by atoms with E-state index in [0.29, 0.717) is 5.92 Å². The lowest BCUT2D eigenvalue weighted by Gasteiger charge is -2.37. The van der Waals surface area contributed by atoms with E-state index in [0.717, 1.165) is 25.5 Å². The Kier molecular flexibility index (Phi) is 3.76. The molecule has 0 spiro atoms. The predicted octanol–water partition coefficient (Wildman–Crippen LogP) is 0.0492. The molecular formula is C12H17N3O3. The maximum absolute atomic E-state index is 11.9. The lowest BCUT2D eigenvalue weighted by atomic mass is 9.76. The van der Waals surface area contributed by atoms with Gasteiger partial charge in [-0.1, -0.05) is 6.92 Å². The Labute approximate surface area is 104 Å². The van der Waals surface area contributed by atoms with Crippen LogP contribution in [0.4, 0.5) is 0 Å². The van der Waals surface area contributed by atoms with Gasteiger partial charge in [0.05, 0.1) is 12.3 Å². The van der Waals surface area contributed by atoms with Gasteiger partial charge in [0, 0.05) is 12.2 Å². The van der Waals surface area contributed by atoms with Crippen molar-refractivity contribution in [2.75, 3.05) is 0 Å². The number of carbonyl (C=O) groups excluding carboxylic acids is 1. The summed E-state index contributed by atoms with van der Waals surface area (Å²) >= 11 is 0. The number of nitrogens with zero attached hydrogens (tertiary/aromatic N) is 1. The third-order valence-electron chi connectivity index (χ3n) is 3.38. The van der Waals surface area contributed by atoms with E-state index in [1.54, 1.807) is 0 Å². The van der Waals surface area contributed by atoms with Crippen LogP contribution in [0.15, 0.2) is 17.2 Å². The zero-order valence-corrected chi connectivity index (χ0v) is 10.2. The lowest BCUT2D eigenvalue weighted by molar-refractivity contribution is 0.0232. The summed E-state index contributed by atoms with van der Waals surface area (Å²) in [5.74, 6) is 0.0381. The molecule has 6 nitrogen and oxygen atoms in total. The van der Waals surface area contributed by atoms with Crippen LogP contribution < -0.4 is 10.9 Å². The largest absolute Gasteiger partial charge is 0.393 e. The number of carbonyl (C=O) groups is 1. The van der Waals surface area contributed by atoms with Crippen molar-refractivity contribution in [2.24, 2.45) is 5.92 Å². The van der Waals surface area contributed by atoms with Gasteiger partial charge in [-0.3, -0.25) is 9.59 Å². The molecule has 1 aromatic heterocycles. The Balaban J connectivity index is 1.97. The van der Waals surface area contributed by atoms with Gasteiger partial charge in [0.15, 0.2) is 0 Å². The molecule has 0 bridgehead atoms. The van der Waals surface area contributed by atoms with Crippen molar-refractivity contribution in [3.05, 3.63) is 28.4 Å². The first kappa shape index (κ1) is 12.8. The molecule has 1 amide bonds. The van der Waals surface area contributed by atoms with Crippen molar-refractivity contribution >= 4 is 5.91 Å². The molecule has 1 fully saturated rings. The SMILES string of the molecule is CCC(NC(=O)c1c[nH]c(=O)cn1)C1CC(O)C1. The van der Waals surface area contributed by atoms with Gasteiger partial charge in [-0.15, -0.1) is 0 Å². The van der Waals surface area contributed by atoms with Gasteiger partial charge in [0.2, 0.25) is 0 Å². The minimum Gasteiger partial charge on any atom is -0.393 e. The van der Waals surface area contributed by atoms with E-state index in [2.05, 4.69) is 15.3 Å². The number of H-pyrrole nitrogens is 1. The number of nitrogens with one attached hydrogen (secondary N) is 2. The average Bonchev–Trinajstić information content (AvgIpc) is 2.33. The van der Waals surface area contributed by atoms with Crippen LogP contribution >= 0.6 is 0 Å². The van der Waals surface area contributed by atoms with E-state index in [4.69, 9.17) is 0 Å². The topological polar surface area (TPSA) is 95.1 Å². The van der Waals surface area contributed by atoms with Crippen LogP contribution in [0.2, 0.25) is 0 Å². The summed E-state index contributed by atoms with van der Waals surface area (Å²) in [5, 5.41) is 12.2. The van der Waals surface area contributed by atoms with Crippen LogP contribution in [0.5, 0.6) is 0 Å². The Morgan fingerprint density at radius 3 is 2.89 bits per heavy atom. The van der Waals surface area contributed by atoms with Crippen molar-refractivity contribution in [3.8, 4) is 0 Å². The monoisotopic (exact) mass is 251 g/mol. The van der Waals surface area contributed by atoms with Crippen LogP contribution in [-0.2, 0) is 0 Å². The molecule has 0 saturated heterocycles. The first-order valence-electron chi connectivity index (χ1n) is 6.13. The number of hydrogen-bond donors (Lipinski definition) is 3. The third kappa shape index (κ3) is 2.76. The van der Waals surface area contributed by atoms with Crippen molar-refractivity contribution < 1.29 is 9.90 Å². The summed E-state index contributed by atoms with van der Waals surface area (Å²) < 4.78 is 0. The molecule has 1 aromatic rings. The number of hydrogen-bond acceptors (Lipinski definition) is 4. The van der Waals surface area contributed by atoms with Crippen LogP contribution in [-0.4, -0.2) is 33.1 Å². The molecule has 1 aliphatic carbocycles. The summed E-state index contributed by atoms with van der Waals surface area (Å²) in [4.78, 5) is 28.9. The zero-order valence-electron chi connectivity index (χ0n) is 10.2. The predicted molar refractivity (Wildman–Crippen MR) is 65.1 cm³/mol. The van der Waals surface area contributed by atoms with E-state index in [9.17, 15) is 14.7 Å². The Morgan fingerprint density at radius 2 is 2.39 bits per heavy atom. The smallest absolute Gasteiger partial charge is 0.271 e. The van der Waals surface area contributed by atoms with Crippen LogP contribution in [0.3, 0.4) is 0 Å². The van der Waals surface area contributed by atoms with Gasteiger partial charge in [0.25, 0.3) is 11.5 Å². The van der Waals surface area contributed by atoms with Crippen molar-refractivity contribution in [2.45, 2.75) is 38.3 Å². The number of aliphatic hydroxyl groups excluding tert-OH is 1. The summed E-state index contributed by atoms with van der Waals surface area (Å²) in [6, 6.07) is 0.0506. The van der Waals surface area contributed by atoms with E-state index in [1.807, 2.05) is 6.92 Å². The molecule has 0 aromatic carbocycles. The number of aromatic nitrogens is 2. The fourth-order valence-electron chi connectivity index (χ4n) is 2.22. The first-order chi connectivity index (χ1) is 8.60. The lowest BCUT2D eigenvalue weighted by Crippen LogP contribution is -2.46. The molecule has 1 heterocycles. The second-order valence-electron chi connectivity index (χ2n) is 4.67. The highest BCUT2D eigenvalue weighted by molar-refractivity contribution is 5.92. The van der Waals surface area contributed by atoms with Crippen LogP contribution in [0, 0.1) is 5.92 Å². The van der Waals surface area contributed by atoms with E-state index in [-0.39, 0.29) is 29.3 Å².